The molecular weight excluding hydrogens is 370 g/mol. The van der Waals surface area contributed by atoms with Crippen LogP contribution < -0.4 is 5.32 Å². The van der Waals surface area contributed by atoms with Crippen molar-refractivity contribution < 1.29 is 4.79 Å². The third-order valence-electron chi connectivity index (χ3n) is 5.72. The molecule has 0 saturated carbocycles. The fourth-order valence-electron chi connectivity index (χ4n) is 3.97. The Labute approximate surface area is 180 Å². The molecule has 0 fully saturated rings. The first kappa shape index (κ1) is 22.1. The van der Waals surface area contributed by atoms with E-state index in [9.17, 15) is 4.79 Å². The van der Waals surface area contributed by atoms with E-state index in [2.05, 4.69) is 41.1 Å². The van der Waals surface area contributed by atoms with E-state index in [0.29, 0.717) is 0 Å². The minimum atomic E-state index is 0.0296. The molecule has 3 aromatic rings. The van der Waals surface area contributed by atoms with E-state index in [1.165, 1.54) is 37.0 Å². The molecule has 0 aliphatic heterocycles. The summed E-state index contributed by atoms with van der Waals surface area (Å²) in [6.45, 7) is 6.01. The van der Waals surface area contributed by atoms with E-state index in [1.807, 2.05) is 31.2 Å². The molecule has 1 aromatic heterocycles. The fraction of sp³-hybridized carbons (Fsp3) is 0.462. The van der Waals surface area contributed by atoms with Gasteiger partial charge in [-0.15, -0.1) is 0 Å². The molecule has 2 aromatic carbocycles. The van der Waals surface area contributed by atoms with Crippen LogP contribution in [0.4, 0.5) is 0 Å². The van der Waals surface area contributed by atoms with Gasteiger partial charge in [0.15, 0.2) is 0 Å². The molecule has 160 valence electrons. The molecular formula is C26H35N3O. The molecule has 0 atom stereocenters. The molecule has 30 heavy (non-hydrogen) atoms. The predicted octanol–water partition coefficient (Wildman–Crippen LogP) is 6.07. The van der Waals surface area contributed by atoms with Gasteiger partial charge in [0.1, 0.15) is 5.82 Å². The van der Waals surface area contributed by atoms with E-state index in [0.717, 1.165) is 55.4 Å². The number of carbonyl (C=O) groups is 1. The second-order valence-corrected chi connectivity index (χ2v) is 8.11. The molecule has 1 N–H and O–H groups in total. The van der Waals surface area contributed by atoms with Gasteiger partial charge in [-0.05, 0) is 49.9 Å². The Bertz CT molecular complexity index is 944. The lowest BCUT2D eigenvalue weighted by Gasteiger charge is -2.10. The van der Waals surface area contributed by atoms with Crippen molar-refractivity contribution in [3.8, 4) is 0 Å². The van der Waals surface area contributed by atoms with Gasteiger partial charge >= 0.3 is 0 Å². The Morgan fingerprint density at radius 2 is 1.70 bits per heavy atom. The number of fused-ring (bicyclic) bond motifs is 1. The predicted molar refractivity (Wildman–Crippen MR) is 125 cm³/mol. The third kappa shape index (κ3) is 5.94. The monoisotopic (exact) mass is 405 g/mol. The van der Waals surface area contributed by atoms with Crippen LogP contribution in [0, 0.1) is 6.92 Å². The molecule has 0 spiro atoms. The molecule has 1 amide bonds. The van der Waals surface area contributed by atoms with Gasteiger partial charge < -0.3 is 9.88 Å². The fourth-order valence-corrected chi connectivity index (χ4v) is 3.97. The molecule has 1 heterocycles. The first-order chi connectivity index (χ1) is 14.7. The number of nitrogens with zero attached hydrogens (tertiary/aromatic N) is 2. The highest BCUT2D eigenvalue weighted by atomic mass is 16.1. The summed E-state index contributed by atoms with van der Waals surface area (Å²) in [6, 6.07) is 16.2. The zero-order valence-electron chi connectivity index (χ0n) is 18.5. The average molecular weight is 406 g/mol. The van der Waals surface area contributed by atoms with Crippen LogP contribution in [-0.4, -0.2) is 22.0 Å². The molecule has 3 rings (SSSR count). The van der Waals surface area contributed by atoms with Gasteiger partial charge in [-0.3, -0.25) is 4.79 Å². The number of hydrogen-bond acceptors (Lipinski definition) is 2. The number of imidazole rings is 1. The molecule has 0 aliphatic rings. The Balaban J connectivity index is 1.46. The standard InChI is InChI=1S/C26H35N3O/c1-3-4-5-13-20-29-24-17-11-10-16-23(24)28-25(29)18-7-6-12-19-27-26(30)22-15-9-8-14-21(22)2/h8-11,14-17H,3-7,12-13,18-20H2,1-2H3,(H,27,30). The first-order valence-corrected chi connectivity index (χ1v) is 11.5. The van der Waals surface area contributed by atoms with E-state index in [-0.39, 0.29) is 5.91 Å². The number of nitrogens with one attached hydrogen (secondary N) is 1. The minimum absolute atomic E-state index is 0.0296. The SMILES string of the molecule is CCCCCCn1c(CCCCCNC(=O)c2ccccc2C)nc2ccccc21. The van der Waals surface area contributed by atoms with Gasteiger partial charge in [-0.25, -0.2) is 4.98 Å². The number of benzene rings is 2. The number of hydrogen-bond donors (Lipinski definition) is 1. The van der Waals surface area contributed by atoms with Crippen LogP contribution in [0.1, 0.15) is 73.6 Å². The summed E-state index contributed by atoms with van der Waals surface area (Å²) in [4.78, 5) is 17.2. The van der Waals surface area contributed by atoms with Crippen molar-refractivity contribution in [2.45, 2.75) is 71.8 Å². The smallest absolute Gasteiger partial charge is 0.251 e. The van der Waals surface area contributed by atoms with Crippen LogP contribution in [0.5, 0.6) is 0 Å². The largest absolute Gasteiger partial charge is 0.352 e. The normalized spacial score (nSPS) is 11.1. The highest BCUT2D eigenvalue weighted by Gasteiger charge is 2.10. The molecule has 0 aliphatic carbocycles. The summed E-state index contributed by atoms with van der Waals surface area (Å²) in [6.07, 6.45) is 9.23. The number of para-hydroxylation sites is 2. The zero-order valence-corrected chi connectivity index (χ0v) is 18.5. The van der Waals surface area contributed by atoms with Gasteiger partial charge in [-0.2, -0.15) is 0 Å². The Hall–Kier alpha value is -2.62. The summed E-state index contributed by atoms with van der Waals surface area (Å²) < 4.78 is 2.42. The molecule has 4 nitrogen and oxygen atoms in total. The number of carbonyl (C=O) groups excluding carboxylic acids is 1. The highest BCUT2D eigenvalue weighted by Crippen LogP contribution is 2.19. The van der Waals surface area contributed by atoms with Crippen molar-refractivity contribution in [3.63, 3.8) is 0 Å². The maximum absolute atomic E-state index is 12.3. The maximum atomic E-state index is 12.3. The summed E-state index contributed by atoms with van der Waals surface area (Å²) >= 11 is 0. The van der Waals surface area contributed by atoms with Crippen molar-refractivity contribution in [2.24, 2.45) is 0 Å². The average Bonchev–Trinajstić information content (AvgIpc) is 3.11. The topological polar surface area (TPSA) is 46.9 Å². The van der Waals surface area contributed by atoms with Crippen molar-refractivity contribution in [2.75, 3.05) is 6.54 Å². The quantitative estimate of drug-likeness (QED) is 0.372. The lowest BCUT2D eigenvalue weighted by Crippen LogP contribution is -2.25. The Morgan fingerprint density at radius 3 is 2.53 bits per heavy atom. The summed E-state index contributed by atoms with van der Waals surface area (Å²) in [5, 5.41) is 3.05. The van der Waals surface area contributed by atoms with Crippen molar-refractivity contribution in [3.05, 3.63) is 65.5 Å². The van der Waals surface area contributed by atoms with E-state index >= 15 is 0 Å². The lowest BCUT2D eigenvalue weighted by atomic mass is 10.1. The molecule has 4 heteroatoms. The summed E-state index contributed by atoms with van der Waals surface area (Å²) in [5.74, 6) is 1.23. The van der Waals surface area contributed by atoms with Gasteiger partial charge in [-0.1, -0.05) is 62.9 Å². The van der Waals surface area contributed by atoms with Crippen molar-refractivity contribution in [1.82, 2.24) is 14.9 Å². The number of rotatable bonds is 12. The molecule has 0 saturated heterocycles. The van der Waals surface area contributed by atoms with Gasteiger partial charge in [0.2, 0.25) is 0 Å². The number of amides is 1. The van der Waals surface area contributed by atoms with Crippen LogP contribution in [0.15, 0.2) is 48.5 Å². The first-order valence-electron chi connectivity index (χ1n) is 11.5. The number of aryl methyl sites for hydroxylation is 3. The van der Waals surface area contributed by atoms with Crippen LogP contribution in [-0.2, 0) is 13.0 Å². The summed E-state index contributed by atoms with van der Waals surface area (Å²) in [7, 11) is 0. The number of aromatic nitrogens is 2. The van der Waals surface area contributed by atoms with Gasteiger partial charge in [0.25, 0.3) is 5.91 Å². The van der Waals surface area contributed by atoms with Crippen molar-refractivity contribution >= 4 is 16.9 Å². The molecule has 0 radical (unpaired) electrons. The van der Waals surface area contributed by atoms with E-state index in [4.69, 9.17) is 4.98 Å². The minimum Gasteiger partial charge on any atom is -0.352 e. The van der Waals surface area contributed by atoms with Crippen LogP contribution in [0.25, 0.3) is 11.0 Å². The highest BCUT2D eigenvalue weighted by molar-refractivity contribution is 5.95. The lowest BCUT2D eigenvalue weighted by molar-refractivity contribution is 0.0952. The van der Waals surface area contributed by atoms with E-state index < -0.39 is 0 Å². The van der Waals surface area contributed by atoms with Crippen LogP contribution >= 0.6 is 0 Å². The number of unbranched alkanes of at least 4 members (excludes halogenated alkanes) is 5. The summed E-state index contributed by atoms with van der Waals surface area (Å²) in [5.41, 5.74) is 4.16. The van der Waals surface area contributed by atoms with Gasteiger partial charge in [0.05, 0.1) is 11.0 Å². The van der Waals surface area contributed by atoms with Crippen LogP contribution in [0.3, 0.4) is 0 Å². The third-order valence-corrected chi connectivity index (χ3v) is 5.72. The molecule has 0 unspecified atom stereocenters. The second-order valence-electron chi connectivity index (χ2n) is 8.11. The Kier molecular flexibility index (Phi) is 8.49. The Morgan fingerprint density at radius 1 is 0.933 bits per heavy atom. The van der Waals surface area contributed by atoms with Crippen LogP contribution in [0.2, 0.25) is 0 Å². The van der Waals surface area contributed by atoms with Crippen molar-refractivity contribution in [1.29, 1.82) is 0 Å². The van der Waals surface area contributed by atoms with E-state index in [1.54, 1.807) is 0 Å². The second kappa shape index (κ2) is 11.5. The maximum Gasteiger partial charge on any atom is 0.251 e. The molecule has 0 bridgehead atoms. The van der Waals surface area contributed by atoms with Gasteiger partial charge in [0, 0.05) is 25.1 Å². The zero-order chi connectivity index (χ0) is 21.2.